The summed E-state index contributed by atoms with van der Waals surface area (Å²) in [6, 6.07) is 7.71. The van der Waals surface area contributed by atoms with E-state index in [1.807, 2.05) is 25.2 Å². The molecule has 0 saturated carbocycles. The van der Waals surface area contributed by atoms with Crippen LogP contribution in [0.15, 0.2) is 34.9 Å². The van der Waals surface area contributed by atoms with E-state index < -0.39 is 5.97 Å². The Bertz CT molecular complexity index is 694. The van der Waals surface area contributed by atoms with Crippen molar-refractivity contribution in [3.63, 3.8) is 0 Å². The van der Waals surface area contributed by atoms with Crippen LogP contribution in [0.2, 0.25) is 0 Å². The SMILES string of the molecule is COC(=O)c1occc1CN(C)Cc1ccc2c(c1)OCCO2. The Hall–Kier alpha value is -2.47. The molecule has 1 aliphatic heterocycles. The molecule has 23 heavy (non-hydrogen) atoms. The van der Waals surface area contributed by atoms with Crippen LogP contribution in [0.4, 0.5) is 0 Å². The highest BCUT2D eigenvalue weighted by Gasteiger charge is 2.17. The minimum atomic E-state index is -0.460. The van der Waals surface area contributed by atoms with Crippen LogP contribution >= 0.6 is 0 Å². The zero-order valence-corrected chi connectivity index (χ0v) is 13.2. The molecule has 0 atom stereocenters. The third-order valence-corrected chi connectivity index (χ3v) is 3.62. The third kappa shape index (κ3) is 3.48. The molecule has 1 aromatic carbocycles. The van der Waals surface area contributed by atoms with Crippen LogP contribution in [0, 0.1) is 0 Å². The van der Waals surface area contributed by atoms with Gasteiger partial charge in [-0.25, -0.2) is 4.79 Å². The highest BCUT2D eigenvalue weighted by atomic mass is 16.6. The van der Waals surface area contributed by atoms with Gasteiger partial charge in [0.2, 0.25) is 5.76 Å². The minimum Gasteiger partial charge on any atom is -0.486 e. The zero-order chi connectivity index (χ0) is 16.2. The average molecular weight is 317 g/mol. The molecule has 0 aliphatic carbocycles. The second-order valence-corrected chi connectivity index (χ2v) is 5.42. The number of ether oxygens (including phenoxy) is 3. The summed E-state index contributed by atoms with van der Waals surface area (Å²) in [4.78, 5) is 13.7. The van der Waals surface area contributed by atoms with Gasteiger partial charge < -0.3 is 18.6 Å². The molecule has 0 fully saturated rings. The van der Waals surface area contributed by atoms with E-state index in [2.05, 4.69) is 4.90 Å². The fraction of sp³-hybridized carbons (Fsp3) is 0.353. The molecule has 0 radical (unpaired) electrons. The maximum absolute atomic E-state index is 11.6. The molecule has 0 N–H and O–H groups in total. The largest absolute Gasteiger partial charge is 0.486 e. The topological polar surface area (TPSA) is 61.1 Å². The third-order valence-electron chi connectivity index (χ3n) is 3.62. The molecule has 6 nitrogen and oxygen atoms in total. The van der Waals surface area contributed by atoms with Crippen molar-refractivity contribution < 1.29 is 23.4 Å². The number of carbonyl (C=O) groups is 1. The lowest BCUT2D eigenvalue weighted by atomic mass is 10.1. The highest BCUT2D eigenvalue weighted by molar-refractivity contribution is 5.87. The van der Waals surface area contributed by atoms with Crippen molar-refractivity contribution in [2.24, 2.45) is 0 Å². The molecule has 0 spiro atoms. The van der Waals surface area contributed by atoms with E-state index in [4.69, 9.17) is 18.6 Å². The first kappa shape index (κ1) is 15.4. The van der Waals surface area contributed by atoms with Crippen LogP contribution in [-0.2, 0) is 17.8 Å². The van der Waals surface area contributed by atoms with Crippen LogP contribution in [0.5, 0.6) is 11.5 Å². The van der Waals surface area contributed by atoms with Crippen molar-refractivity contribution in [1.29, 1.82) is 0 Å². The maximum Gasteiger partial charge on any atom is 0.374 e. The molecule has 0 amide bonds. The zero-order valence-electron chi connectivity index (χ0n) is 13.2. The lowest BCUT2D eigenvalue weighted by molar-refractivity contribution is 0.0562. The lowest BCUT2D eigenvalue weighted by Crippen LogP contribution is -2.19. The summed E-state index contributed by atoms with van der Waals surface area (Å²) in [6.45, 7) is 2.45. The van der Waals surface area contributed by atoms with E-state index in [1.54, 1.807) is 6.07 Å². The van der Waals surface area contributed by atoms with E-state index in [0.717, 1.165) is 22.6 Å². The molecular formula is C17H19NO5. The van der Waals surface area contributed by atoms with Crippen molar-refractivity contribution in [1.82, 2.24) is 4.90 Å². The molecule has 1 aromatic heterocycles. The molecule has 0 bridgehead atoms. The smallest absolute Gasteiger partial charge is 0.374 e. The van der Waals surface area contributed by atoms with Crippen molar-refractivity contribution in [3.8, 4) is 11.5 Å². The Kier molecular flexibility index (Phi) is 4.52. The number of fused-ring (bicyclic) bond motifs is 1. The van der Waals surface area contributed by atoms with E-state index in [0.29, 0.717) is 26.3 Å². The van der Waals surface area contributed by atoms with Gasteiger partial charge in [0.15, 0.2) is 11.5 Å². The van der Waals surface area contributed by atoms with Gasteiger partial charge in [0.05, 0.1) is 13.4 Å². The fourth-order valence-electron chi connectivity index (χ4n) is 2.58. The molecule has 0 saturated heterocycles. The second-order valence-electron chi connectivity index (χ2n) is 5.42. The Morgan fingerprint density at radius 3 is 2.74 bits per heavy atom. The molecule has 1 aliphatic rings. The number of nitrogens with zero attached hydrogens (tertiary/aromatic N) is 1. The number of rotatable bonds is 5. The van der Waals surface area contributed by atoms with Gasteiger partial charge in [-0.1, -0.05) is 6.07 Å². The van der Waals surface area contributed by atoms with Gasteiger partial charge in [-0.15, -0.1) is 0 Å². The minimum absolute atomic E-state index is 0.251. The summed E-state index contributed by atoms with van der Waals surface area (Å²) in [5.74, 6) is 1.35. The van der Waals surface area contributed by atoms with E-state index in [9.17, 15) is 4.79 Å². The number of hydrogen-bond donors (Lipinski definition) is 0. The first-order valence-corrected chi connectivity index (χ1v) is 7.39. The number of methoxy groups -OCH3 is 1. The van der Waals surface area contributed by atoms with Crippen LogP contribution in [0.3, 0.4) is 0 Å². The summed E-state index contributed by atoms with van der Waals surface area (Å²) < 4.78 is 21.0. The molecule has 122 valence electrons. The number of carbonyl (C=O) groups excluding carboxylic acids is 1. The Balaban J connectivity index is 1.67. The molecular weight excluding hydrogens is 298 g/mol. The quantitative estimate of drug-likeness (QED) is 0.790. The van der Waals surface area contributed by atoms with Gasteiger partial charge in [0.25, 0.3) is 0 Å². The van der Waals surface area contributed by atoms with Gasteiger partial charge in [-0.05, 0) is 30.8 Å². The normalized spacial score (nSPS) is 13.2. The van der Waals surface area contributed by atoms with Crippen molar-refractivity contribution >= 4 is 5.97 Å². The Morgan fingerprint density at radius 1 is 1.17 bits per heavy atom. The number of hydrogen-bond acceptors (Lipinski definition) is 6. The van der Waals surface area contributed by atoms with E-state index in [-0.39, 0.29) is 5.76 Å². The molecule has 6 heteroatoms. The number of esters is 1. The summed E-state index contributed by atoms with van der Waals surface area (Å²) in [5, 5.41) is 0. The number of furan rings is 1. The van der Waals surface area contributed by atoms with E-state index in [1.165, 1.54) is 13.4 Å². The Morgan fingerprint density at radius 2 is 1.96 bits per heavy atom. The van der Waals surface area contributed by atoms with Gasteiger partial charge in [-0.3, -0.25) is 4.90 Å². The summed E-state index contributed by atoms with van der Waals surface area (Å²) in [5.41, 5.74) is 1.91. The molecule has 2 aromatic rings. The molecule has 3 rings (SSSR count). The van der Waals surface area contributed by atoms with Crippen LogP contribution in [0.1, 0.15) is 21.7 Å². The molecule has 2 heterocycles. The lowest BCUT2D eigenvalue weighted by Gasteiger charge is -2.21. The van der Waals surface area contributed by atoms with Crippen LogP contribution in [0.25, 0.3) is 0 Å². The van der Waals surface area contributed by atoms with Gasteiger partial charge in [-0.2, -0.15) is 0 Å². The van der Waals surface area contributed by atoms with Gasteiger partial charge >= 0.3 is 5.97 Å². The van der Waals surface area contributed by atoms with Crippen LogP contribution in [-0.4, -0.2) is 38.2 Å². The van der Waals surface area contributed by atoms with Crippen molar-refractivity contribution in [2.45, 2.75) is 13.1 Å². The van der Waals surface area contributed by atoms with Crippen LogP contribution < -0.4 is 9.47 Å². The maximum atomic E-state index is 11.6. The Labute approximate surface area is 134 Å². The number of benzene rings is 1. The summed E-state index contributed by atoms with van der Waals surface area (Å²) in [7, 11) is 3.32. The highest BCUT2D eigenvalue weighted by Crippen LogP contribution is 2.31. The predicted molar refractivity (Wildman–Crippen MR) is 82.7 cm³/mol. The second kappa shape index (κ2) is 6.75. The van der Waals surface area contributed by atoms with Crippen molar-refractivity contribution in [3.05, 3.63) is 47.4 Å². The van der Waals surface area contributed by atoms with E-state index >= 15 is 0 Å². The van der Waals surface area contributed by atoms with Gasteiger partial charge in [0.1, 0.15) is 13.2 Å². The molecule has 0 unspecified atom stereocenters. The van der Waals surface area contributed by atoms with Crippen molar-refractivity contribution in [2.75, 3.05) is 27.4 Å². The fourth-order valence-corrected chi connectivity index (χ4v) is 2.58. The predicted octanol–water partition coefficient (Wildman–Crippen LogP) is 2.47. The standard InChI is InChI=1S/C17H19NO5/c1-18(11-13-5-6-23-16(13)17(19)20-2)10-12-3-4-14-15(9-12)22-8-7-21-14/h3-6,9H,7-8,10-11H2,1-2H3. The average Bonchev–Trinajstić information content (AvgIpc) is 3.02. The monoisotopic (exact) mass is 317 g/mol. The summed E-state index contributed by atoms with van der Waals surface area (Å²) in [6.07, 6.45) is 1.50. The first-order valence-electron chi connectivity index (χ1n) is 7.39. The first-order chi connectivity index (χ1) is 11.2. The summed E-state index contributed by atoms with van der Waals surface area (Å²) >= 11 is 0. The van der Waals surface area contributed by atoms with Gasteiger partial charge in [0, 0.05) is 18.7 Å².